The maximum Gasteiger partial charge on any atom is 0.293 e. The van der Waals surface area contributed by atoms with E-state index in [1.807, 2.05) is 11.8 Å². The van der Waals surface area contributed by atoms with E-state index in [-0.39, 0.29) is 11.5 Å². The number of anilines is 1. The molecule has 0 aliphatic carbocycles. The Morgan fingerprint density at radius 1 is 1.16 bits per heavy atom. The molecule has 1 amide bonds. The van der Waals surface area contributed by atoms with E-state index in [9.17, 15) is 9.59 Å². The largest absolute Gasteiger partial charge is 0.352 e. The fourth-order valence-electron chi connectivity index (χ4n) is 3.68. The highest BCUT2D eigenvalue weighted by Crippen LogP contribution is 2.23. The number of hydrogen-bond donors (Lipinski definition) is 0. The molecule has 0 unspecified atom stereocenters. The van der Waals surface area contributed by atoms with Crippen molar-refractivity contribution in [1.29, 1.82) is 0 Å². The first-order valence-electron chi connectivity index (χ1n) is 9.35. The number of carbonyl (C=O) groups excluding carboxylic acids is 1. The van der Waals surface area contributed by atoms with Gasteiger partial charge in [-0.05, 0) is 32.7 Å². The zero-order valence-corrected chi connectivity index (χ0v) is 15.4. The van der Waals surface area contributed by atoms with Crippen molar-refractivity contribution in [2.45, 2.75) is 32.7 Å². The van der Waals surface area contributed by atoms with Gasteiger partial charge in [0.15, 0.2) is 5.82 Å². The molecule has 2 fully saturated rings. The summed E-state index contributed by atoms with van der Waals surface area (Å²) in [6, 6.07) is 0. The van der Waals surface area contributed by atoms with Gasteiger partial charge in [0.1, 0.15) is 0 Å². The second-order valence-corrected chi connectivity index (χ2v) is 7.16. The van der Waals surface area contributed by atoms with Crippen LogP contribution in [0.1, 0.15) is 26.2 Å². The Kier molecular flexibility index (Phi) is 5.73. The number of aryl methyl sites for hydroxylation is 1. The Morgan fingerprint density at radius 3 is 2.48 bits per heavy atom. The van der Waals surface area contributed by atoms with Crippen molar-refractivity contribution in [3.63, 3.8) is 0 Å². The zero-order chi connectivity index (χ0) is 17.8. The Balaban J connectivity index is 1.52. The predicted molar refractivity (Wildman–Crippen MR) is 97.8 cm³/mol. The van der Waals surface area contributed by atoms with E-state index >= 15 is 0 Å². The number of nitrogens with zero attached hydrogens (tertiary/aromatic N) is 5. The van der Waals surface area contributed by atoms with Crippen LogP contribution >= 0.6 is 0 Å². The molecule has 2 aliphatic heterocycles. The van der Waals surface area contributed by atoms with Gasteiger partial charge in [-0.25, -0.2) is 4.98 Å². The summed E-state index contributed by atoms with van der Waals surface area (Å²) in [5.41, 5.74) is -0.0167. The molecule has 0 aromatic carbocycles. The third kappa shape index (κ3) is 4.21. The first kappa shape index (κ1) is 17.9. The summed E-state index contributed by atoms with van der Waals surface area (Å²) < 4.78 is 1.69. The number of carbonyl (C=O) groups is 1. The first-order chi connectivity index (χ1) is 12.1. The summed E-state index contributed by atoms with van der Waals surface area (Å²) >= 11 is 0. The number of likely N-dealkylation sites (N-methyl/N-ethyl adjacent to an activating group) is 1. The lowest BCUT2D eigenvalue weighted by molar-refractivity contribution is -0.133. The average Bonchev–Trinajstić information content (AvgIpc) is 2.63. The van der Waals surface area contributed by atoms with Crippen molar-refractivity contribution < 1.29 is 4.79 Å². The molecule has 0 saturated carbocycles. The molecule has 2 aliphatic rings. The molecule has 25 heavy (non-hydrogen) atoms. The van der Waals surface area contributed by atoms with Crippen molar-refractivity contribution in [1.82, 2.24) is 19.4 Å². The van der Waals surface area contributed by atoms with Crippen LogP contribution in [0.25, 0.3) is 0 Å². The Morgan fingerprint density at radius 2 is 1.84 bits per heavy atom. The van der Waals surface area contributed by atoms with Crippen molar-refractivity contribution in [3.8, 4) is 0 Å². The van der Waals surface area contributed by atoms with Gasteiger partial charge >= 0.3 is 0 Å². The minimum Gasteiger partial charge on any atom is -0.352 e. The van der Waals surface area contributed by atoms with Gasteiger partial charge in [0, 0.05) is 64.6 Å². The van der Waals surface area contributed by atoms with Crippen LogP contribution in [0.3, 0.4) is 0 Å². The zero-order valence-electron chi connectivity index (χ0n) is 15.4. The number of rotatable bonds is 4. The summed E-state index contributed by atoms with van der Waals surface area (Å²) in [4.78, 5) is 35.5. The minimum atomic E-state index is -0.0167. The summed E-state index contributed by atoms with van der Waals surface area (Å²) in [5.74, 6) is 1.26. The van der Waals surface area contributed by atoms with E-state index in [1.54, 1.807) is 17.0 Å². The third-order valence-corrected chi connectivity index (χ3v) is 5.47. The summed E-state index contributed by atoms with van der Waals surface area (Å²) in [7, 11) is 2.10. The molecule has 0 N–H and O–H groups in total. The molecule has 3 rings (SSSR count). The Hall–Kier alpha value is -1.89. The van der Waals surface area contributed by atoms with Crippen molar-refractivity contribution in [2.24, 2.45) is 5.92 Å². The normalized spacial score (nSPS) is 20.1. The van der Waals surface area contributed by atoms with Crippen molar-refractivity contribution in [3.05, 3.63) is 22.7 Å². The molecule has 7 nitrogen and oxygen atoms in total. The molecule has 1 aromatic rings. The van der Waals surface area contributed by atoms with Gasteiger partial charge in [-0.2, -0.15) is 0 Å². The number of piperazine rings is 1. The second-order valence-electron chi connectivity index (χ2n) is 7.16. The fourth-order valence-corrected chi connectivity index (χ4v) is 3.68. The number of aromatic nitrogens is 2. The SMILES string of the molecule is CCn1ccnc(N2CCC(CC(=O)N3CCN(C)CC3)CC2)c1=O. The molecule has 138 valence electrons. The number of amides is 1. The minimum absolute atomic E-state index is 0.0167. The van der Waals surface area contributed by atoms with Crippen LogP contribution in [-0.2, 0) is 11.3 Å². The molecule has 2 saturated heterocycles. The lowest BCUT2D eigenvalue weighted by Gasteiger charge is -2.35. The highest BCUT2D eigenvalue weighted by Gasteiger charge is 2.26. The number of hydrogen-bond acceptors (Lipinski definition) is 5. The van der Waals surface area contributed by atoms with Gasteiger partial charge < -0.3 is 19.3 Å². The van der Waals surface area contributed by atoms with Gasteiger partial charge in [0.25, 0.3) is 5.56 Å². The molecule has 1 aromatic heterocycles. The van der Waals surface area contributed by atoms with E-state index in [4.69, 9.17) is 0 Å². The molecule has 7 heteroatoms. The van der Waals surface area contributed by atoms with Crippen LogP contribution < -0.4 is 10.5 Å². The Labute approximate surface area is 149 Å². The van der Waals surface area contributed by atoms with Gasteiger partial charge in [-0.15, -0.1) is 0 Å². The van der Waals surface area contributed by atoms with Crippen LogP contribution in [0.5, 0.6) is 0 Å². The second kappa shape index (κ2) is 7.99. The monoisotopic (exact) mass is 347 g/mol. The Bertz CT molecular complexity index is 643. The summed E-state index contributed by atoms with van der Waals surface area (Å²) in [5, 5.41) is 0. The van der Waals surface area contributed by atoms with Crippen LogP contribution in [0.4, 0.5) is 5.82 Å². The highest BCUT2D eigenvalue weighted by atomic mass is 16.2. The van der Waals surface area contributed by atoms with Crippen LogP contribution in [0.2, 0.25) is 0 Å². The van der Waals surface area contributed by atoms with Gasteiger partial charge in [-0.1, -0.05) is 0 Å². The van der Waals surface area contributed by atoms with Crippen molar-refractivity contribution in [2.75, 3.05) is 51.2 Å². The first-order valence-corrected chi connectivity index (χ1v) is 9.35. The van der Waals surface area contributed by atoms with Gasteiger partial charge in [0.2, 0.25) is 5.91 Å². The molecular weight excluding hydrogens is 318 g/mol. The average molecular weight is 347 g/mol. The standard InChI is InChI=1S/C18H29N5O2/c1-3-21-9-6-19-17(18(21)25)23-7-4-15(5-8-23)14-16(24)22-12-10-20(2)11-13-22/h6,9,15H,3-5,7-8,10-14H2,1-2H3. The molecule has 0 atom stereocenters. The van der Waals surface area contributed by atoms with Crippen LogP contribution in [0, 0.1) is 5.92 Å². The predicted octanol–water partition coefficient (Wildman–Crippen LogP) is 0.644. The molecule has 3 heterocycles. The summed E-state index contributed by atoms with van der Waals surface area (Å²) in [6.45, 7) is 7.84. The van der Waals surface area contributed by atoms with Gasteiger partial charge in [0.05, 0.1) is 0 Å². The molecule has 0 spiro atoms. The molecule has 0 bridgehead atoms. The number of piperidine rings is 1. The lowest BCUT2D eigenvalue weighted by atomic mass is 9.93. The van der Waals surface area contributed by atoms with E-state index in [2.05, 4.69) is 21.8 Å². The molecule has 0 radical (unpaired) electrons. The maximum absolute atomic E-state index is 12.5. The van der Waals surface area contributed by atoms with Crippen molar-refractivity contribution >= 4 is 11.7 Å². The summed E-state index contributed by atoms with van der Waals surface area (Å²) in [6.07, 6.45) is 5.96. The lowest BCUT2D eigenvalue weighted by Crippen LogP contribution is -2.48. The topological polar surface area (TPSA) is 61.7 Å². The van der Waals surface area contributed by atoms with E-state index in [0.29, 0.717) is 24.7 Å². The van der Waals surface area contributed by atoms with Gasteiger partial charge in [-0.3, -0.25) is 9.59 Å². The van der Waals surface area contributed by atoms with Crippen LogP contribution in [-0.4, -0.2) is 71.6 Å². The van der Waals surface area contributed by atoms with E-state index in [1.165, 1.54) is 0 Å². The van der Waals surface area contributed by atoms with E-state index in [0.717, 1.165) is 52.1 Å². The fraction of sp³-hybridized carbons (Fsp3) is 0.722. The third-order valence-electron chi connectivity index (χ3n) is 5.47. The quantitative estimate of drug-likeness (QED) is 0.800. The smallest absolute Gasteiger partial charge is 0.293 e. The maximum atomic E-state index is 12.5. The van der Waals surface area contributed by atoms with Crippen LogP contribution in [0.15, 0.2) is 17.2 Å². The molecular formula is C18H29N5O2. The van der Waals surface area contributed by atoms with E-state index < -0.39 is 0 Å². The highest BCUT2D eigenvalue weighted by molar-refractivity contribution is 5.76.